The summed E-state index contributed by atoms with van der Waals surface area (Å²) in [5.41, 5.74) is 0.650. The van der Waals surface area contributed by atoms with Gasteiger partial charge < -0.3 is 10.1 Å². The second-order valence-electron chi connectivity index (χ2n) is 4.52. The number of carbonyl (C=O) groups is 2. The highest BCUT2D eigenvalue weighted by Gasteiger charge is 2.49. The molecule has 1 saturated heterocycles. The van der Waals surface area contributed by atoms with Crippen molar-refractivity contribution in [2.75, 3.05) is 4.43 Å². The Kier molecular flexibility index (Phi) is 4.74. The molecule has 1 aliphatic rings. The van der Waals surface area contributed by atoms with Crippen molar-refractivity contribution in [3.8, 4) is 0 Å². The number of benzene rings is 1. The van der Waals surface area contributed by atoms with Gasteiger partial charge in [0, 0.05) is 4.43 Å². The minimum Gasteiger partial charge on any atom is -0.459 e. The Hall–Kier alpha value is -1.32. The molecule has 1 aromatic carbocycles. The lowest BCUT2D eigenvalue weighted by Crippen LogP contribution is -2.47. The van der Waals surface area contributed by atoms with Crippen molar-refractivity contribution in [1.82, 2.24) is 5.32 Å². The number of hydrogen-bond acceptors (Lipinski definition) is 3. The van der Waals surface area contributed by atoms with Crippen molar-refractivity contribution < 1.29 is 27.5 Å². The number of esters is 1. The van der Waals surface area contributed by atoms with Crippen molar-refractivity contribution in [3.05, 3.63) is 35.9 Å². The predicted molar refractivity (Wildman–Crippen MR) is 75.9 cm³/mol. The van der Waals surface area contributed by atoms with Crippen LogP contribution < -0.4 is 5.32 Å². The summed E-state index contributed by atoms with van der Waals surface area (Å²) in [5.74, 6) is -3.62. The number of ether oxygens (including phenoxy) is 1. The van der Waals surface area contributed by atoms with E-state index in [1.54, 1.807) is 35.6 Å². The number of cyclic esters (lactones) is 1. The van der Waals surface area contributed by atoms with E-state index in [1.807, 2.05) is 22.6 Å². The van der Waals surface area contributed by atoms with Crippen LogP contribution in [-0.2, 0) is 14.3 Å². The van der Waals surface area contributed by atoms with Crippen LogP contribution in [0.2, 0.25) is 0 Å². The molecule has 0 aliphatic carbocycles. The fraction of sp³-hybridized carbons (Fsp3) is 0.385. The van der Waals surface area contributed by atoms with Gasteiger partial charge in [-0.25, -0.2) is 4.79 Å². The molecule has 0 saturated carbocycles. The second-order valence-corrected chi connectivity index (χ2v) is 5.40. The highest BCUT2D eigenvalue weighted by atomic mass is 127. The minimum atomic E-state index is -5.04. The van der Waals surface area contributed by atoms with Gasteiger partial charge in [0.05, 0.1) is 5.92 Å². The van der Waals surface area contributed by atoms with Gasteiger partial charge in [0.25, 0.3) is 0 Å². The normalized spacial score (nSPS) is 25.5. The summed E-state index contributed by atoms with van der Waals surface area (Å²) in [7, 11) is 0. The molecular formula is C13H11F3INO3. The zero-order valence-electron chi connectivity index (χ0n) is 10.6. The zero-order valence-corrected chi connectivity index (χ0v) is 12.7. The molecule has 3 atom stereocenters. The van der Waals surface area contributed by atoms with Gasteiger partial charge in [-0.05, 0) is 5.56 Å². The Morgan fingerprint density at radius 3 is 2.43 bits per heavy atom. The number of hydrogen-bond donors (Lipinski definition) is 1. The molecule has 0 aromatic heterocycles. The molecule has 2 rings (SSSR count). The Morgan fingerprint density at radius 2 is 1.90 bits per heavy atom. The molecule has 1 fully saturated rings. The van der Waals surface area contributed by atoms with Crippen molar-refractivity contribution in [3.63, 3.8) is 0 Å². The number of amides is 1. The molecule has 21 heavy (non-hydrogen) atoms. The molecule has 1 heterocycles. The van der Waals surface area contributed by atoms with Gasteiger partial charge in [0.1, 0.15) is 12.1 Å². The molecule has 4 nitrogen and oxygen atoms in total. The molecule has 0 unspecified atom stereocenters. The van der Waals surface area contributed by atoms with E-state index in [2.05, 4.69) is 0 Å². The van der Waals surface area contributed by atoms with Gasteiger partial charge in [-0.3, -0.25) is 4.79 Å². The van der Waals surface area contributed by atoms with E-state index >= 15 is 0 Å². The number of alkyl halides is 4. The third-order valence-electron chi connectivity index (χ3n) is 3.16. The van der Waals surface area contributed by atoms with Crippen molar-refractivity contribution in [2.45, 2.75) is 24.2 Å². The summed E-state index contributed by atoms with van der Waals surface area (Å²) in [6.45, 7) is 0. The Morgan fingerprint density at radius 1 is 1.29 bits per heavy atom. The molecule has 0 bridgehead atoms. The van der Waals surface area contributed by atoms with Gasteiger partial charge >= 0.3 is 18.1 Å². The number of nitrogens with one attached hydrogen (secondary N) is 1. The number of rotatable bonds is 3. The summed E-state index contributed by atoms with van der Waals surface area (Å²) in [4.78, 5) is 22.9. The maximum atomic E-state index is 12.4. The molecule has 1 aliphatic heterocycles. The van der Waals surface area contributed by atoms with Crippen LogP contribution in [0.3, 0.4) is 0 Å². The Balaban J connectivity index is 2.28. The standard InChI is InChI=1S/C13H11F3INO3/c14-13(15,16)12(20)18-10-9(7-4-2-1-3-5-7)8(6-17)21-11(10)19/h1-5,8-10H,6H2,(H,18,20)/t8-,9-,10+/m1/s1. The van der Waals surface area contributed by atoms with Gasteiger partial charge in [0.15, 0.2) is 0 Å². The summed E-state index contributed by atoms with van der Waals surface area (Å²) in [5, 5.41) is 1.74. The fourth-order valence-corrected chi connectivity index (χ4v) is 2.97. The predicted octanol–water partition coefficient (Wildman–Crippen LogP) is 2.18. The van der Waals surface area contributed by atoms with Gasteiger partial charge in [-0.2, -0.15) is 13.2 Å². The molecule has 1 aromatic rings. The molecule has 1 N–H and O–H groups in total. The van der Waals surface area contributed by atoms with E-state index in [4.69, 9.17) is 4.74 Å². The minimum absolute atomic E-state index is 0.418. The van der Waals surface area contributed by atoms with Gasteiger partial charge in [-0.15, -0.1) is 0 Å². The Labute approximate surface area is 132 Å². The molecule has 114 valence electrons. The first kappa shape index (κ1) is 16.1. The lowest BCUT2D eigenvalue weighted by Gasteiger charge is -2.21. The zero-order chi connectivity index (χ0) is 15.6. The van der Waals surface area contributed by atoms with E-state index < -0.39 is 36.1 Å². The summed E-state index contributed by atoms with van der Waals surface area (Å²) in [6.07, 6.45) is -5.61. The van der Waals surface area contributed by atoms with Crippen LogP contribution in [0.4, 0.5) is 13.2 Å². The summed E-state index contributed by atoms with van der Waals surface area (Å²) < 4.78 is 42.6. The van der Waals surface area contributed by atoms with Crippen LogP contribution in [0.1, 0.15) is 11.5 Å². The smallest absolute Gasteiger partial charge is 0.459 e. The molecule has 1 amide bonds. The lowest BCUT2D eigenvalue weighted by atomic mass is 9.89. The Bertz CT molecular complexity index is 535. The van der Waals surface area contributed by atoms with Crippen LogP contribution >= 0.6 is 22.6 Å². The van der Waals surface area contributed by atoms with Crippen LogP contribution in [-0.4, -0.2) is 34.6 Å². The van der Waals surface area contributed by atoms with E-state index in [-0.39, 0.29) is 0 Å². The maximum Gasteiger partial charge on any atom is 0.471 e. The van der Waals surface area contributed by atoms with Crippen molar-refractivity contribution in [2.24, 2.45) is 0 Å². The monoisotopic (exact) mass is 413 g/mol. The first-order valence-corrected chi connectivity index (χ1v) is 7.56. The highest BCUT2D eigenvalue weighted by molar-refractivity contribution is 14.1. The van der Waals surface area contributed by atoms with Gasteiger partial charge in [-0.1, -0.05) is 52.9 Å². The lowest BCUT2D eigenvalue weighted by molar-refractivity contribution is -0.175. The molecular weight excluding hydrogens is 402 g/mol. The topological polar surface area (TPSA) is 55.4 Å². The van der Waals surface area contributed by atoms with E-state index in [1.165, 1.54) is 0 Å². The average Bonchev–Trinajstić information content (AvgIpc) is 2.75. The van der Waals surface area contributed by atoms with Crippen LogP contribution in [0.25, 0.3) is 0 Å². The van der Waals surface area contributed by atoms with Crippen molar-refractivity contribution in [1.29, 1.82) is 0 Å². The summed E-state index contributed by atoms with van der Waals surface area (Å²) in [6, 6.07) is 7.23. The van der Waals surface area contributed by atoms with Crippen LogP contribution in [0.5, 0.6) is 0 Å². The number of carbonyl (C=O) groups excluding carboxylic acids is 2. The van der Waals surface area contributed by atoms with Gasteiger partial charge in [0.2, 0.25) is 0 Å². The molecule has 0 radical (unpaired) electrons. The third kappa shape index (κ3) is 3.47. The quantitative estimate of drug-likeness (QED) is 0.470. The molecule has 8 heteroatoms. The highest BCUT2D eigenvalue weighted by Crippen LogP contribution is 2.34. The fourth-order valence-electron chi connectivity index (χ4n) is 2.24. The van der Waals surface area contributed by atoms with Crippen LogP contribution in [0, 0.1) is 0 Å². The van der Waals surface area contributed by atoms with E-state index in [0.29, 0.717) is 9.99 Å². The first-order chi connectivity index (χ1) is 9.84. The van der Waals surface area contributed by atoms with Crippen LogP contribution in [0.15, 0.2) is 30.3 Å². The average molecular weight is 413 g/mol. The third-order valence-corrected chi connectivity index (χ3v) is 4.03. The number of halogens is 4. The largest absolute Gasteiger partial charge is 0.471 e. The maximum absolute atomic E-state index is 12.4. The second kappa shape index (κ2) is 6.20. The summed E-state index contributed by atoms with van der Waals surface area (Å²) >= 11 is 1.99. The van der Waals surface area contributed by atoms with Crippen molar-refractivity contribution >= 4 is 34.5 Å². The molecule has 0 spiro atoms. The van der Waals surface area contributed by atoms with E-state index in [9.17, 15) is 22.8 Å². The SMILES string of the molecule is O=C1O[C@H](CI)[C@@H](c2ccccc2)[C@@H]1NC(=O)C(F)(F)F. The van der Waals surface area contributed by atoms with E-state index in [0.717, 1.165) is 0 Å². The first-order valence-electron chi connectivity index (χ1n) is 6.03.